The van der Waals surface area contributed by atoms with Gasteiger partial charge in [0.2, 0.25) is 0 Å². The van der Waals surface area contributed by atoms with Crippen LogP contribution >= 0.6 is 0 Å². The number of aromatic nitrogens is 2. The van der Waals surface area contributed by atoms with Gasteiger partial charge in [-0.15, -0.1) is 0 Å². The van der Waals surface area contributed by atoms with Crippen LogP contribution in [-0.4, -0.2) is 16.7 Å². The maximum absolute atomic E-state index is 10.8. The van der Waals surface area contributed by atoms with E-state index < -0.39 is 0 Å². The monoisotopic (exact) mass is 372 g/mol. The van der Waals surface area contributed by atoms with Crippen molar-refractivity contribution in [1.82, 2.24) is 4.98 Å². The summed E-state index contributed by atoms with van der Waals surface area (Å²) in [6.07, 6.45) is 3.62. The highest BCUT2D eigenvalue weighted by Gasteiger charge is 2.25. The summed E-state index contributed by atoms with van der Waals surface area (Å²) < 4.78 is 5.57. The molecule has 0 fully saturated rings. The Morgan fingerprint density at radius 1 is 1.04 bits per heavy atom. The van der Waals surface area contributed by atoms with Gasteiger partial charge in [-0.2, -0.15) is 0 Å². The van der Waals surface area contributed by atoms with Crippen molar-refractivity contribution in [3.63, 3.8) is 0 Å². The fourth-order valence-electron chi connectivity index (χ4n) is 3.35. The van der Waals surface area contributed by atoms with E-state index in [0.29, 0.717) is 6.61 Å². The second-order valence-electron chi connectivity index (χ2n) is 6.42. The molecule has 0 bridgehead atoms. The van der Waals surface area contributed by atoms with Crippen molar-refractivity contribution in [2.75, 3.05) is 11.9 Å². The maximum atomic E-state index is 10.8. The molecule has 0 aliphatic carbocycles. The van der Waals surface area contributed by atoms with Gasteiger partial charge >= 0.3 is 0 Å². The van der Waals surface area contributed by atoms with Gasteiger partial charge in [0, 0.05) is 23.2 Å². The molecule has 2 aromatic heterocycles. The van der Waals surface area contributed by atoms with E-state index in [1.807, 2.05) is 73.8 Å². The Balaban J connectivity index is 1.85. The zero-order valence-electron chi connectivity index (χ0n) is 15.6. The lowest BCUT2D eigenvalue weighted by Crippen LogP contribution is -2.19. The molecule has 0 aliphatic heterocycles. The van der Waals surface area contributed by atoms with Gasteiger partial charge < -0.3 is 9.84 Å². The quantitative estimate of drug-likeness (QED) is 0.528. The molecule has 28 heavy (non-hydrogen) atoms. The smallest absolute Gasteiger partial charge is 0.272 e. The number of phenols is 1. The van der Waals surface area contributed by atoms with Crippen LogP contribution in [0.1, 0.15) is 24.1 Å². The van der Waals surface area contributed by atoms with E-state index in [1.54, 1.807) is 12.3 Å². The number of aromatic amines is 1. The van der Waals surface area contributed by atoms with E-state index in [0.717, 1.165) is 33.6 Å². The van der Waals surface area contributed by atoms with E-state index >= 15 is 0 Å². The number of nitrogens with zero attached hydrogens (tertiary/aromatic N) is 1. The van der Waals surface area contributed by atoms with Crippen molar-refractivity contribution in [3.8, 4) is 11.5 Å². The number of benzene rings is 2. The molecule has 140 valence electrons. The number of hydrogen-bond donors (Lipinski definition) is 2. The summed E-state index contributed by atoms with van der Waals surface area (Å²) in [4.78, 5) is 7.64. The van der Waals surface area contributed by atoms with Crippen LogP contribution in [0.5, 0.6) is 11.5 Å². The van der Waals surface area contributed by atoms with Gasteiger partial charge in [-0.25, -0.2) is 4.98 Å². The fourth-order valence-corrected chi connectivity index (χ4v) is 3.35. The van der Waals surface area contributed by atoms with Gasteiger partial charge in [0.25, 0.3) is 5.82 Å². The van der Waals surface area contributed by atoms with Crippen molar-refractivity contribution in [2.45, 2.75) is 13.0 Å². The number of aromatic hydroxyl groups is 1. The minimum Gasteiger partial charge on any atom is -0.507 e. The molecular formula is C23H22N3O2+. The molecule has 2 aromatic carbocycles. The fraction of sp³-hybridized carbons (Fsp3) is 0.130. The molecule has 3 N–H and O–H groups in total. The average Bonchev–Trinajstić information content (AvgIpc) is 2.74. The molecular weight excluding hydrogens is 350 g/mol. The normalized spacial score (nSPS) is 11.9. The largest absolute Gasteiger partial charge is 0.507 e. The van der Waals surface area contributed by atoms with Crippen LogP contribution in [0, 0.1) is 0 Å². The Bertz CT molecular complexity index is 1070. The number of rotatable bonds is 6. The molecule has 1 atom stereocenters. The van der Waals surface area contributed by atoms with Gasteiger partial charge in [-0.3, -0.25) is 10.3 Å². The summed E-state index contributed by atoms with van der Waals surface area (Å²) in [6.45, 7) is 2.58. The number of ether oxygens (including phenoxy) is 1. The highest BCUT2D eigenvalue weighted by atomic mass is 16.5. The summed E-state index contributed by atoms with van der Waals surface area (Å²) in [5.41, 5.74) is 2.63. The Hall–Kier alpha value is -3.60. The Kier molecular flexibility index (Phi) is 5.06. The van der Waals surface area contributed by atoms with Gasteiger partial charge in [0.15, 0.2) is 0 Å². The molecule has 0 aliphatic rings. The van der Waals surface area contributed by atoms with E-state index in [1.165, 1.54) is 0 Å². The van der Waals surface area contributed by atoms with E-state index in [4.69, 9.17) is 4.74 Å². The Labute approximate surface area is 163 Å². The molecule has 5 nitrogen and oxygen atoms in total. The summed E-state index contributed by atoms with van der Waals surface area (Å²) in [6, 6.07) is 20.9. The molecule has 0 unspecified atom stereocenters. The second-order valence-corrected chi connectivity index (χ2v) is 6.42. The highest BCUT2D eigenvalue weighted by Crippen LogP contribution is 2.37. The van der Waals surface area contributed by atoms with E-state index in [9.17, 15) is 5.11 Å². The molecule has 0 amide bonds. The second kappa shape index (κ2) is 7.96. The van der Waals surface area contributed by atoms with Crippen LogP contribution in [0.15, 0.2) is 79.1 Å². The molecule has 0 radical (unpaired) electrons. The van der Waals surface area contributed by atoms with Crippen LogP contribution in [-0.2, 0) is 0 Å². The standard InChI is InChI=1S/C23H21N3O2/c1-2-28-17-10-8-16(9-11-17)23(26-21-7-3-4-14-25-21)22-18-6-5-15-24-19(18)12-13-20(22)27/h3-15,23,27H,2H2,1H3,(H,25,26)/p+1/t23-/m1/s1. The lowest BCUT2D eigenvalue weighted by Gasteiger charge is -2.19. The number of anilines is 1. The number of hydrogen-bond acceptors (Lipinski definition) is 4. The minimum absolute atomic E-state index is 0.225. The third-order valence-electron chi connectivity index (χ3n) is 4.63. The number of fused-ring (bicyclic) bond motifs is 1. The van der Waals surface area contributed by atoms with Crippen LogP contribution < -0.4 is 15.0 Å². The molecule has 5 heteroatoms. The summed E-state index contributed by atoms with van der Waals surface area (Å²) in [7, 11) is 0. The first-order valence-electron chi connectivity index (χ1n) is 9.29. The van der Waals surface area contributed by atoms with Crippen LogP contribution in [0.2, 0.25) is 0 Å². The molecule has 0 spiro atoms. The zero-order chi connectivity index (χ0) is 19.3. The van der Waals surface area contributed by atoms with Crippen molar-refractivity contribution in [3.05, 3.63) is 90.3 Å². The van der Waals surface area contributed by atoms with Crippen LogP contribution in [0.25, 0.3) is 10.9 Å². The third kappa shape index (κ3) is 3.60. The number of phenolic OH excluding ortho intramolecular Hbond substituents is 1. The van der Waals surface area contributed by atoms with Crippen LogP contribution in [0.4, 0.5) is 5.82 Å². The third-order valence-corrected chi connectivity index (χ3v) is 4.63. The van der Waals surface area contributed by atoms with Gasteiger partial charge in [0.05, 0.1) is 23.9 Å². The van der Waals surface area contributed by atoms with Crippen molar-refractivity contribution in [2.24, 2.45) is 0 Å². The maximum Gasteiger partial charge on any atom is 0.272 e. The molecule has 4 rings (SSSR count). The van der Waals surface area contributed by atoms with E-state index in [-0.39, 0.29) is 11.8 Å². The zero-order valence-corrected chi connectivity index (χ0v) is 15.6. The van der Waals surface area contributed by atoms with Gasteiger partial charge in [-0.05, 0) is 43.3 Å². The predicted octanol–water partition coefficient (Wildman–Crippen LogP) is 4.35. The van der Waals surface area contributed by atoms with Crippen LogP contribution in [0.3, 0.4) is 0 Å². The number of nitrogens with one attached hydrogen (secondary N) is 2. The van der Waals surface area contributed by atoms with Gasteiger partial charge in [0.1, 0.15) is 17.5 Å². The summed E-state index contributed by atoms with van der Waals surface area (Å²) >= 11 is 0. The predicted molar refractivity (Wildman–Crippen MR) is 109 cm³/mol. The van der Waals surface area contributed by atoms with E-state index in [2.05, 4.69) is 15.3 Å². The number of H-pyrrole nitrogens is 1. The first kappa shape index (κ1) is 17.8. The topological polar surface area (TPSA) is 68.5 Å². The molecule has 0 saturated heterocycles. The number of pyridine rings is 2. The molecule has 2 heterocycles. The van der Waals surface area contributed by atoms with Gasteiger partial charge in [-0.1, -0.05) is 24.3 Å². The average molecular weight is 372 g/mol. The Morgan fingerprint density at radius 2 is 1.89 bits per heavy atom. The summed E-state index contributed by atoms with van der Waals surface area (Å²) in [5, 5.41) is 15.2. The molecule has 4 aromatic rings. The lowest BCUT2D eigenvalue weighted by atomic mass is 9.94. The first-order valence-corrected chi connectivity index (χ1v) is 9.29. The highest BCUT2D eigenvalue weighted by molar-refractivity contribution is 5.86. The SMILES string of the molecule is CCOc1ccc([C@@H](Nc2cccc[nH+]2)c2c(O)ccc3ncccc23)cc1. The minimum atomic E-state index is -0.276. The first-order chi connectivity index (χ1) is 13.8. The Morgan fingerprint density at radius 3 is 2.64 bits per heavy atom. The van der Waals surface area contributed by atoms with Crippen molar-refractivity contribution in [1.29, 1.82) is 0 Å². The summed E-state index contributed by atoms with van der Waals surface area (Å²) in [5.74, 6) is 1.89. The van der Waals surface area contributed by atoms with Crippen molar-refractivity contribution >= 4 is 16.7 Å². The lowest BCUT2D eigenvalue weighted by molar-refractivity contribution is -0.361. The van der Waals surface area contributed by atoms with Crippen molar-refractivity contribution < 1.29 is 14.8 Å². The molecule has 0 saturated carbocycles.